The highest BCUT2D eigenvalue weighted by Crippen LogP contribution is 2.30. The fraction of sp³-hybridized carbons (Fsp3) is 0.0769. The van der Waals surface area contributed by atoms with Crippen LogP contribution >= 0.6 is 15.9 Å². The maximum Gasteiger partial charge on any atom is 0.328 e. The quantitative estimate of drug-likeness (QED) is 0.856. The van der Waals surface area contributed by atoms with Gasteiger partial charge >= 0.3 is 5.97 Å². The highest BCUT2D eigenvalue weighted by molar-refractivity contribution is 9.10. The molecule has 0 atom stereocenters. The van der Waals surface area contributed by atoms with E-state index in [9.17, 15) is 4.79 Å². The fourth-order valence-corrected chi connectivity index (χ4v) is 1.93. The molecule has 1 heterocycles. The van der Waals surface area contributed by atoms with Crippen molar-refractivity contribution in [2.24, 2.45) is 0 Å². The number of para-hydroxylation sites is 1. The average Bonchev–Trinajstić information content (AvgIpc) is 2.88. The third kappa shape index (κ3) is 3.69. The Bertz CT molecular complexity index is 593. The molecule has 0 fully saturated rings. The van der Waals surface area contributed by atoms with Crippen LogP contribution in [0.15, 0.2) is 45.5 Å². The molecule has 0 radical (unpaired) electrons. The van der Waals surface area contributed by atoms with E-state index in [1.807, 2.05) is 6.07 Å². The van der Waals surface area contributed by atoms with E-state index in [1.54, 1.807) is 18.2 Å². The first kappa shape index (κ1) is 13.4. The van der Waals surface area contributed by atoms with Crippen LogP contribution in [0.5, 0.6) is 5.75 Å². The monoisotopic (exact) mass is 323 g/mol. The van der Waals surface area contributed by atoms with Crippen molar-refractivity contribution < 1.29 is 19.2 Å². The van der Waals surface area contributed by atoms with Gasteiger partial charge in [-0.1, -0.05) is 17.3 Å². The van der Waals surface area contributed by atoms with Gasteiger partial charge in [0.15, 0.2) is 5.76 Å². The normalized spacial score (nSPS) is 10.8. The van der Waals surface area contributed by atoms with Gasteiger partial charge in [-0.15, -0.1) is 0 Å². The van der Waals surface area contributed by atoms with E-state index in [2.05, 4.69) is 21.1 Å². The first-order valence-electron chi connectivity index (χ1n) is 5.38. The largest absolute Gasteiger partial charge is 0.484 e. The molecule has 2 aromatic rings. The van der Waals surface area contributed by atoms with Gasteiger partial charge in [-0.25, -0.2) is 4.79 Å². The summed E-state index contributed by atoms with van der Waals surface area (Å²) in [5.41, 5.74) is 0.663. The molecule has 0 unspecified atom stereocenters. The van der Waals surface area contributed by atoms with Crippen molar-refractivity contribution in [3.8, 4) is 5.75 Å². The molecule has 98 valence electrons. The Morgan fingerprint density at radius 1 is 1.47 bits per heavy atom. The highest BCUT2D eigenvalue weighted by Gasteiger charge is 2.08. The number of nitrogens with zero attached hydrogens (tertiary/aromatic N) is 1. The summed E-state index contributed by atoms with van der Waals surface area (Å²) in [6.45, 7) is 0.219. The molecule has 19 heavy (non-hydrogen) atoms. The third-order valence-corrected chi connectivity index (χ3v) is 2.88. The Kier molecular flexibility index (Phi) is 4.35. The van der Waals surface area contributed by atoms with Crippen LogP contribution in [-0.4, -0.2) is 16.2 Å². The number of ether oxygens (including phenoxy) is 1. The maximum atomic E-state index is 10.6. The summed E-state index contributed by atoms with van der Waals surface area (Å²) >= 11 is 3.37. The Labute approximate surface area is 117 Å². The molecule has 1 aromatic carbocycles. The number of hydrogen-bond donors (Lipinski definition) is 1. The smallest absolute Gasteiger partial charge is 0.328 e. The van der Waals surface area contributed by atoms with E-state index in [-0.39, 0.29) is 6.61 Å². The first-order valence-corrected chi connectivity index (χ1v) is 6.18. The molecule has 6 heteroatoms. The minimum absolute atomic E-state index is 0.219. The third-order valence-electron chi connectivity index (χ3n) is 2.25. The lowest BCUT2D eigenvalue weighted by Crippen LogP contribution is -1.97. The van der Waals surface area contributed by atoms with Crippen molar-refractivity contribution >= 4 is 28.0 Å². The van der Waals surface area contributed by atoms with E-state index in [1.165, 1.54) is 12.3 Å². The van der Waals surface area contributed by atoms with Crippen LogP contribution in [0, 0.1) is 0 Å². The van der Waals surface area contributed by atoms with Crippen molar-refractivity contribution in [2.75, 3.05) is 0 Å². The zero-order valence-electron chi connectivity index (χ0n) is 9.75. The minimum Gasteiger partial charge on any atom is -0.484 e. The number of rotatable bonds is 5. The van der Waals surface area contributed by atoms with E-state index < -0.39 is 5.97 Å². The topological polar surface area (TPSA) is 72.6 Å². The van der Waals surface area contributed by atoms with Gasteiger partial charge in [0.1, 0.15) is 12.4 Å². The van der Waals surface area contributed by atoms with Crippen LogP contribution in [0.25, 0.3) is 6.08 Å². The van der Waals surface area contributed by atoms with Crippen LogP contribution in [0.4, 0.5) is 0 Å². The number of hydrogen-bond acceptors (Lipinski definition) is 4. The summed E-state index contributed by atoms with van der Waals surface area (Å²) in [5.74, 6) is 0.126. The molecule has 0 amide bonds. The predicted molar refractivity (Wildman–Crippen MR) is 71.6 cm³/mol. The van der Waals surface area contributed by atoms with Gasteiger partial charge in [0.2, 0.25) is 0 Å². The summed E-state index contributed by atoms with van der Waals surface area (Å²) in [5, 5.41) is 12.2. The molecular weight excluding hydrogens is 314 g/mol. The van der Waals surface area contributed by atoms with Crippen molar-refractivity contribution in [3.05, 3.63) is 52.3 Å². The van der Waals surface area contributed by atoms with Crippen LogP contribution in [0.3, 0.4) is 0 Å². The van der Waals surface area contributed by atoms with Crippen molar-refractivity contribution in [1.29, 1.82) is 0 Å². The first-order chi connectivity index (χ1) is 9.16. The maximum absolute atomic E-state index is 10.6. The fourth-order valence-electron chi connectivity index (χ4n) is 1.43. The van der Waals surface area contributed by atoms with Crippen LogP contribution in [-0.2, 0) is 11.4 Å². The van der Waals surface area contributed by atoms with Crippen LogP contribution in [0.2, 0.25) is 0 Å². The van der Waals surface area contributed by atoms with Gasteiger partial charge in [-0.2, -0.15) is 0 Å². The molecule has 2 rings (SSSR count). The van der Waals surface area contributed by atoms with Gasteiger partial charge in [-0.3, -0.25) is 0 Å². The summed E-state index contributed by atoms with van der Waals surface area (Å²) in [6.07, 6.45) is 4.07. The standard InChI is InChI=1S/C13H10BrNO4/c14-11-3-1-2-9(4-5-12(16)17)13(11)18-8-10-6-7-15-19-10/h1-7H,8H2,(H,16,17)/b5-4+. The SMILES string of the molecule is O=C(O)/C=C/c1cccc(Br)c1OCc1ccno1. The number of carbonyl (C=O) groups is 1. The number of benzene rings is 1. The molecule has 1 aromatic heterocycles. The van der Waals surface area contributed by atoms with Crippen molar-refractivity contribution in [2.45, 2.75) is 6.61 Å². The summed E-state index contributed by atoms with van der Waals surface area (Å²) in [4.78, 5) is 10.6. The lowest BCUT2D eigenvalue weighted by Gasteiger charge is -2.09. The second-order valence-corrected chi connectivity index (χ2v) is 4.45. The van der Waals surface area contributed by atoms with E-state index in [0.29, 0.717) is 17.1 Å². The average molecular weight is 324 g/mol. The number of aliphatic carboxylic acids is 1. The number of carboxylic acid groups (broad SMARTS) is 1. The minimum atomic E-state index is -1.01. The Morgan fingerprint density at radius 3 is 3.00 bits per heavy atom. The highest BCUT2D eigenvalue weighted by atomic mass is 79.9. The van der Waals surface area contributed by atoms with Gasteiger partial charge in [0.25, 0.3) is 0 Å². The zero-order chi connectivity index (χ0) is 13.7. The Morgan fingerprint density at radius 2 is 2.32 bits per heavy atom. The Hall–Kier alpha value is -2.08. The molecular formula is C13H10BrNO4. The second kappa shape index (κ2) is 6.19. The van der Waals surface area contributed by atoms with Gasteiger partial charge in [0.05, 0.1) is 10.7 Å². The molecule has 0 saturated carbocycles. The molecule has 5 nitrogen and oxygen atoms in total. The van der Waals surface area contributed by atoms with Gasteiger partial charge in [0, 0.05) is 17.7 Å². The molecule has 0 bridgehead atoms. The van der Waals surface area contributed by atoms with E-state index >= 15 is 0 Å². The predicted octanol–water partition coefficient (Wildman–Crippen LogP) is 3.11. The van der Waals surface area contributed by atoms with Crippen LogP contribution in [0.1, 0.15) is 11.3 Å². The summed E-state index contributed by atoms with van der Waals surface area (Å²) < 4.78 is 11.3. The molecule has 0 saturated heterocycles. The van der Waals surface area contributed by atoms with E-state index in [4.69, 9.17) is 14.4 Å². The molecule has 0 aliphatic carbocycles. The summed E-state index contributed by atoms with van der Waals surface area (Å²) in [6, 6.07) is 7.07. The second-order valence-electron chi connectivity index (χ2n) is 3.60. The summed E-state index contributed by atoms with van der Waals surface area (Å²) in [7, 11) is 0. The Balaban J connectivity index is 2.20. The molecule has 0 aliphatic heterocycles. The number of carboxylic acids is 1. The van der Waals surface area contributed by atoms with Crippen molar-refractivity contribution in [3.63, 3.8) is 0 Å². The van der Waals surface area contributed by atoms with Crippen molar-refractivity contribution in [1.82, 2.24) is 5.16 Å². The number of halogens is 1. The lowest BCUT2D eigenvalue weighted by atomic mass is 10.2. The van der Waals surface area contributed by atoms with Crippen LogP contribution < -0.4 is 4.74 Å². The van der Waals surface area contributed by atoms with E-state index in [0.717, 1.165) is 10.5 Å². The molecule has 0 aliphatic rings. The van der Waals surface area contributed by atoms with Gasteiger partial charge < -0.3 is 14.4 Å². The number of aromatic nitrogens is 1. The molecule has 0 spiro atoms. The molecule has 1 N–H and O–H groups in total. The lowest BCUT2D eigenvalue weighted by molar-refractivity contribution is -0.131. The van der Waals surface area contributed by atoms with Gasteiger partial charge in [-0.05, 0) is 28.1 Å². The zero-order valence-corrected chi connectivity index (χ0v) is 11.3.